The minimum atomic E-state index is -0.484. The van der Waals surface area contributed by atoms with Crippen molar-refractivity contribution in [1.29, 1.82) is 0 Å². The summed E-state index contributed by atoms with van der Waals surface area (Å²) in [5, 5.41) is 5.67. The highest BCUT2D eigenvalue weighted by Crippen LogP contribution is 2.06. The number of nitrogens with two attached hydrogens (primary N) is 1. The zero-order valence-electron chi connectivity index (χ0n) is 10.9. The Morgan fingerprint density at radius 1 is 1.33 bits per heavy atom. The Labute approximate surface area is 106 Å². The summed E-state index contributed by atoms with van der Waals surface area (Å²) < 4.78 is 5.09. The normalized spacial score (nSPS) is 10.8. The second-order valence-corrected chi connectivity index (χ2v) is 4.69. The molecule has 18 heavy (non-hydrogen) atoms. The van der Waals surface area contributed by atoms with E-state index in [9.17, 15) is 4.79 Å². The quantitative estimate of drug-likeness (QED) is 0.692. The number of nitrogens with one attached hydrogen (secondary N) is 2. The highest BCUT2D eigenvalue weighted by atomic mass is 16.6. The molecule has 0 radical (unpaired) electrons. The molecule has 0 aliphatic heterocycles. The van der Waals surface area contributed by atoms with E-state index < -0.39 is 11.7 Å². The summed E-state index contributed by atoms with van der Waals surface area (Å²) in [5.74, 6) is 0.229. The van der Waals surface area contributed by atoms with Crippen molar-refractivity contribution in [3.05, 3.63) is 12.4 Å². The van der Waals surface area contributed by atoms with Crippen LogP contribution in [0.4, 0.5) is 16.4 Å². The molecule has 0 aliphatic carbocycles. The van der Waals surface area contributed by atoms with Gasteiger partial charge >= 0.3 is 6.09 Å². The summed E-state index contributed by atoms with van der Waals surface area (Å²) in [6.07, 6.45) is 2.73. The Balaban J connectivity index is 2.19. The summed E-state index contributed by atoms with van der Waals surface area (Å²) in [6, 6.07) is 0. The molecule has 0 spiro atoms. The van der Waals surface area contributed by atoms with Gasteiger partial charge in [0.05, 0.1) is 18.1 Å². The number of carbonyl (C=O) groups is 1. The van der Waals surface area contributed by atoms with Crippen LogP contribution in [-0.2, 0) is 4.74 Å². The van der Waals surface area contributed by atoms with Gasteiger partial charge in [-0.2, -0.15) is 0 Å². The van der Waals surface area contributed by atoms with Crippen LogP contribution in [0.1, 0.15) is 20.8 Å². The topological polar surface area (TPSA) is 102 Å². The molecule has 1 aromatic heterocycles. The van der Waals surface area contributed by atoms with Gasteiger partial charge in [0.15, 0.2) is 0 Å². The molecule has 0 aromatic carbocycles. The van der Waals surface area contributed by atoms with Crippen LogP contribution in [0.15, 0.2) is 12.4 Å². The standard InChI is InChI=1S/C11H19N5O2/c1-11(2,3)18-10(17)14-5-4-13-8-6-15-9(12)16-7-8/h6-7,13H,4-5H2,1-3H3,(H,14,17)(H2,12,15,16). The molecule has 7 nitrogen and oxygen atoms in total. The predicted octanol–water partition coefficient (Wildman–Crippen LogP) is 0.995. The van der Waals surface area contributed by atoms with Crippen molar-refractivity contribution in [2.45, 2.75) is 26.4 Å². The Bertz CT molecular complexity index is 385. The van der Waals surface area contributed by atoms with Gasteiger partial charge in [-0.1, -0.05) is 0 Å². The number of hydrogen-bond donors (Lipinski definition) is 3. The van der Waals surface area contributed by atoms with Crippen molar-refractivity contribution in [3.63, 3.8) is 0 Å². The van der Waals surface area contributed by atoms with Gasteiger partial charge in [0.25, 0.3) is 0 Å². The SMILES string of the molecule is CC(C)(C)OC(=O)NCCNc1cnc(N)nc1. The van der Waals surface area contributed by atoms with Crippen LogP contribution in [0.25, 0.3) is 0 Å². The molecule has 4 N–H and O–H groups in total. The first-order chi connectivity index (χ1) is 8.37. The smallest absolute Gasteiger partial charge is 0.407 e. The van der Waals surface area contributed by atoms with E-state index in [4.69, 9.17) is 10.5 Å². The fourth-order valence-electron chi connectivity index (χ4n) is 1.11. The van der Waals surface area contributed by atoms with Gasteiger partial charge in [-0.25, -0.2) is 14.8 Å². The van der Waals surface area contributed by atoms with E-state index in [1.807, 2.05) is 20.8 Å². The lowest BCUT2D eigenvalue weighted by atomic mass is 10.2. The minimum absolute atomic E-state index is 0.229. The molecule has 0 saturated carbocycles. The number of nitrogen functional groups attached to an aromatic ring is 1. The lowest BCUT2D eigenvalue weighted by Crippen LogP contribution is -2.35. The van der Waals surface area contributed by atoms with E-state index in [2.05, 4.69) is 20.6 Å². The molecule has 0 fully saturated rings. The fourth-order valence-corrected chi connectivity index (χ4v) is 1.11. The lowest BCUT2D eigenvalue weighted by Gasteiger charge is -2.19. The minimum Gasteiger partial charge on any atom is -0.444 e. The molecule has 1 heterocycles. The van der Waals surface area contributed by atoms with E-state index in [1.54, 1.807) is 12.4 Å². The average molecular weight is 253 g/mol. The van der Waals surface area contributed by atoms with E-state index >= 15 is 0 Å². The Hall–Kier alpha value is -2.05. The number of rotatable bonds is 4. The number of nitrogens with zero attached hydrogens (tertiary/aromatic N) is 2. The number of carbonyl (C=O) groups excluding carboxylic acids is 1. The maximum atomic E-state index is 11.3. The van der Waals surface area contributed by atoms with Crippen molar-refractivity contribution in [1.82, 2.24) is 15.3 Å². The van der Waals surface area contributed by atoms with E-state index in [0.29, 0.717) is 13.1 Å². The second kappa shape index (κ2) is 6.04. The molecule has 0 aliphatic rings. The first-order valence-corrected chi connectivity index (χ1v) is 5.65. The number of ether oxygens (including phenoxy) is 1. The van der Waals surface area contributed by atoms with E-state index in [-0.39, 0.29) is 5.95 Å². The maximum Gasteiger partial charge on any atom is 0.407 e. The monoisotopic (exact) mass is 253 g/mol. The third-order valence-corrected chi connectivity index (χ3v) is 1.79. The second-order valence-electron chi connectivity index (χ2n) is 4.69. The molecule has 1 amide bonds. The summed E-state index contributed by atoms with van der Waals surface area (Å²) >= 11 is 0. The van der Waals surface area contributed by atoms with Gasteiger partial charge in [0, 0.05) is 13.1 Å². The van der Waals surface area contributed by atoms with Crippen LogP contribution in [-0.4, -0.2) is 34.8 Å². The van der Waals surface area contributed by atoms with Crippen LogP contribution in [0.5, 0.6) is 0 Å². The number of alkyl carbamates (subject to hydrolysis) is 1. The zero-order chi connectivity index (χ0) is 13.6. The van der Waals surface area contributed by atoms with Gasteiger partial charge in [0.2, 0.25) is 5.95 Å². The van der Waals surface area contributed by atoms with Crippen molar-refractivity contribution in [3.8, 4) is 0 Å². The maximum absolute atomic E-state index is 11.3. The molecule has 1 rings (SSSR count). The van der Waals surface area contributed by atoms with Crippen molar-refractivity contribution in [2.75, 3.05) is 24.1 Å². The Kier molecular flexibility index (Phi) is 4.70. The van der Waals surface area contributed by atoms with Gasteiger partial charge in [-0.3, -0.25) is 0 Å². The molecule has 0 atom stereocenters. The number of amides is 1. The lowest BCUT2D eigenvalue weighted by molar-refractivity contribution is 0.0530. The van der Waals surface area contributed by atoms with E-state index in [1.165, 1.54) is 0 Å². The molecule has 0 unspecified atom stereocenters. The van der Waals surface area contributed by atoms with Gasteiger partial charge in [-0.15, -0.1) is 0 Å². The Morgan fingerprint density at radius 2 is 1.94 bits per heavy atom. The number of hydrogen-bond acceptors (Lipinski definition) is 6. The average Bonchev–Trinajstić information content (AvgIpc) is 2.24. The third kappa shape index (κ3) is 5.88. The van der Waals surface area contributed by atoms with Gasteiger partial charge < -0.3 is 21.1 Å². The number of aromatic nitrogens is 2. The van der Waals surface area contributed by atoms with Gasteiger partial charge in [0.1, 0.15) is 5.60 Å². The summed E-state index contributed by atoms with van der Waals surface area (Å²) in [4.78, 5) is 19.0. The molecular weight excluding hydrogens is 234 g/mol. The highest BCUT2D eigenvalue weighted by Gasteiger charge is 2.15. The Morgan fingerprint density at radius 3 is 2.50 bits per heavy atom. The first-order valence-electron chi connectivity index (χ1n) is 5.65. The van der Waals surface area contributed by atoms with Gasteiger partial charge in [-0.05, 0) is 20.8 Å². The molecular formula is C11H19N5O2. The van der Waals surface area contributed by atoms with Crippen LogP contribution in [0, 0.1) is 0 Å². The summed E-state index contributed by atoms with van der Waals surface area (Å²) in [5.41, 5.74) is 5.62. The molecule has 7 heteroatoms. The van der Waals surface area contributed by atoms with Crippen LogP contribution < -0.4 is 16.4 Å². The van der Waals surface area contributed by atoms with E-state index in [0.717, 1.165) is 5.69 Å². The van der Waals surface area contributed by atoms with Crippen LogP contribution in [0.2, 0.25) is 0 Å². The summed E-state index contributed by atoms with van der Waals surface area (Å²) in [6.45, 7) is 6.44. The molecule has 0 saturated heterocycles. The predicted molar refractivity (Wildman–Crippen MR) is 69.2 cm³/mol. The molecule has 100 valence electrons. The van der Waals surface area contributed by atoms with Crippen LogP contribution >= 0.6 is 0 Å². The molecule has 0 bridgehead atoms. The highest BCUT2D eigenvalue weighted by molar-refractivity contribution is 5.67. The van der Waals surface area contributed by atoms with Crippen molar-refractivity contribution < 1.29 is 9.53 Å². The largest absolute Gasteiger partial charge is 0.444 e. The first kappa shape index (κ1) is 14.0. The fraction of sp³-hybridized carbons (Fsp3) is 0.545. The van der Waals surface area contributed by atoms with Crippen molar-refractivity contribution >= 4 is 17.7 Å². The molecule has 1 aromatic rings. The number of anilines is 2. The third-order valence-electron chi connectivity index (χ3n) is 1.79. The van der Waals surface area contributed by atoms with Crippen molar-refractivity contribution in [2.24, 2.45) is 0 Å². The zero-order valence-corrected chi connectivity index (χ0v) is 10.9. The van der Waals surface area contributed by atoms with Crippen LogP contribution in [0.3, 0.4) is 0 Å². The summed E-state index contributed by atoms with van der Waals surface area (Å²) in [7, 11) is 0.